The number of nitrogens with one attached hydrogen (secondary N) is 2. The van der Waals surface area contributed by atoms with E-state index >= 15 is 0 Å². The number of hydrogen-bond acceptors (Lipinski definition) is 5. The van der Waals surface area contributed by atoms with Crippen molar-refractivity contribution in [3.63, 3.8) is 0 Å². The first kappa shape index (κ1) is 17.1. The molecule has 2 amide bonds. The molecule has 122 valence electrons. The average Bonchev–Trinajstić information content (AvgIpc) is 2.53. The highest BCUT2D eigenvalue weighted by Gasteiger charge is 2.40. The molecule has 0 aliphatic carbocycles. The lowest BCUT2D eigenvalue weighted by Crippen LogP contribution is -2.65. The summed E-state index contributed by atoms with van der Waals surface area (Å²) in [6.07, 6.45) is 0.990. The van der Waals surface area contributed by atoms with Gasteiger partial charge in [0.15, 0.2) is 5.12 Å². The number of hydrogen-bond donors (Lipinski definition) is 2. The van der Waals surface area contributed by atoms with Gasteiger partial charge in [-0.3, -0.25) is 9.59 Å². The minimum atomic E-state index is -0.620. The van der Waals surface area contributed by atoms with Gasteiger partial charge < -0.3 is 15.4 Å². The minimum Gasteiger partial charge on any atom is -0.445 e. The second-order valence-electron chi connectivity index (χ2n) is 4.95. The van der Waals surface area contributed by atoms with Crippen LogP contribution in [0.5, 0.6) is 0 Å². The van der Waals surface area contributed by atoms with Crippen molar-refractivity contribution >= 4 is 28.9 Å². The Balaban J connectivity index is 1.75. The zero-order valence-electron chi connectivity index (χ0n) is 12.5. The first-order valence-electron chi connectivity index (χ1n) is 7.20. The second kappa shape index (κ2) is 8.38. The van der Waals surface area contributed by atoms with E-state index in [2.05, 4.69) is 17.2 Å². The van der Waals surface area contributed by atoms with Crippen LogP contribution in [0, 0.1) is 5.92 Å². The van der Waals surface area contributed by atoms with Crippen molar-refractivity contribution in [1.82, 2.24) is 10.6 Å². The molecule has 2 atom stereocenters. The van der Waals surface area contributed by atoms with E-state index in [4.69, 9.17) is 4.74 Å². The van der Waals surface area contributed by atoms with Gasteiger partial charge in [-0.05, 0) is 18.6 Å². The van der Waals surface area contributed by atoms with Crippen LogP contribution in [0.25, 0.3) is 0 Å². The molecule has 1 aromatic carbocycles. The molecular weight excluding hydrogens is 316 g/mol. The molecule has 23 heavy (non-hydrogen) atoms. The highest BCUT2D eigenvalue weighted by Crippen LogP contribution is 2.24. The Kier molecular flexibility index (Phi) is 6.22. The molecule has 0 aromatic heterocycles. The molecule has 1 fully saturated rings. The van der Waals surface area contributed by atoms with Gasteiger partial charge in [0.05, 0.1) is 5.92 Å². The van der Waals surface area contributed by atoms with Crippen molar-refractivity contribution in [2.75, 3.05) is 6.61 Å². The van der Waals surface area contributed by atoms with Crippen LogP contribution in [0.2, 0.25) is 0 Å². The summed E-state index contributed by atoms with van der Waals surface area (Å²) >= 11 is 1.15. The van der Waals surface area contributed by atoms with Gasteiger partial charge >= 0.3 is 6.09 Å². The normalized spacial score (nSPS) is 19.2. The van der Waals surface area contributed by atoms with Crippen molar-refractivity contribution in [1.29, 1.82) is 0 Å². The molecule has 1 heterocycles. The Hall–Kier alpha value is -2.28. The van der Waals surface area contributed by atoms with Gasteiger partial charge in [0.1, 0.15) is 12.8 Å². The monoisotopic (exact) mass is 334 g/mol. The van der Waals surface area contributed by atoms with Gasteiger partial charge in [-0.25, -0.2) is 4.79 Å². The van der Waals surface area contributed by atoms with Gasteiger partial charge in [-0.1, -0.05) is 42.6 Å². The number of alkyl carbamates (subject to hydrolysis) is 1. The zero-order chi connectivity index (χ0) is 16.7. The van der Waals surface area contributed by atoms with Crippen LogP contribution in [0.15, 0.2) is 47.9 Å². The first-order chi connectivity index (χ1) is 11.1. The molecule has 0 saturated carbocycles. The van der Waals surface area contributed by atoms with Crippen molar-refractivity contribution < 1.29 is 19.1 Å². The van der Waals surface area contributed by atoms with E-state index < -0.39 is 18.2 Å². The second-order valence-corrected chi connectivity index (χ2v) is 6.08. The van der Waals surface area contributed by atoms with Crippen LogP contribution in [0.4, 0.5) is 4.79 Å². The maximum Gasteiger partial charge on any atom is 0.409 e. The average molecular weight is 334 g/mol. The number of rotatable bonds is 7. The summed E-state index contributed by atoms with van der Waals surface area (Å²) in [5.41, 5.74) is 0. The van der Waals surface area contributed by atoms with Crippen molar-refractivity contribution in [2.24, 2.45) is 5.92 Å². The summed E-state index contributed by atoms with van der Waals surface area (Å²) in [7, 11) is 0. The Labute approximate surface area is 138 Å². The third-order valence-corrected chi connectivity index (χ3v) is 4.22. The third kappa shape index (κ3) is 5.14. The largest absolute Gasteiger partial charge is 0.445 e. The number of benzene rings is 1. The van der Waals surface area contributed by atoms with E-state index in [9.17, 15) is 14.4 Å². The highest BCUT2D eigenvalue weighted by molar-refractivity contribution is 8.13. The Morgan fingerprint density at radius 1 is 1.35 bits per heavy atom. The Morgan fingerprint density at radius 3 is 2.74 bits per heavy atom. The maximum absolute atomic E-state index is 11.9. The number of amides is 2. The zero-order valence-corrected chi connectivity index (χ0v) is 13.3. The molecule has 1 aromatic rings. The van der Waals surface area contributed by atoms with Crippen molar-refractivity contribution in [2.45, 2.75) is 23.9 Å². The lowest BCUT2D eigenvalue weighted by Gasteiger charge is -2.36. The lowest BCUT2D eigenvalue weighted by atomic mass is 9.92. The van der Waals surface area contributed by atoms with Crippen molar-refractivity contribution in [3.05, 3.63) is 43.0 Å². The minimum absolute atomic E-state index is 0.0103. The van der Waals surface area contributed by atoms with Crippen LogP contribution >= 0.6 is 11.8 Å². The topological polar surface area (TPSA) is 84.5 Å². The molecule has 1 aliphatic heterocycles. The molecule has 0 bridgehead atoms. The van der Waals surface area contributed by atoms with E-state index in [0.717, 1.165) is 16.7 Å². The Bertz CT molecular complexity index is 591. The SMILES string of the molecule is C=CCOC(=O)N[C@H]1NC(=O)[C@@H]1CCC(=O)Sc1ccccc1. The van der Waals surface area contributed by atoms with Gasteiger partial charge in [0.2, 0.25) is 5.91 Å². The van der Waals surface area contributed by atoms with Crippen LogP contribution < -0.4 is 10.6 Å². The van der Waals surface area contributed by atoms with E-state index in [1.54, 1.807) is 0 Å². The summed E-state index contributed by atoms with van der Waals surface area (Å²) < 4.78 is 4.80. The van der Waals surface area contributed by atoms with E-state index in [-0.39, 0.29) is 24.1 Å². The third-order valence-electron chi connectivity index (χ3n) is 3.28. The molecule has 7 heteroatoms. The van der Waals surface area contributed by atoms with Crippen molar-refractivity contribution in [3.8, 4) is 0 Å². The number of carbonyl (C=O) groups excluding carboxylic acids is 3. The molecular formula is C16H18N2O4S. The lowest BCUT2D eigenvalue weighted by molar-refractivity contribution is -0.136. The van der Waals surface area contributed by atoms with Crippen LogP contribution in [0.1, 0.15) is 12.8 Å². The molecule has 0 radical (unpaired) electrons. The predicted molar refractivity (Wildman–Crippen MR) is 86.6 cm³/mol. The summed E-state index contributed by atoms with van der Waals surface area (Å²) in [5.74, 6) is -0.580. The molecule has 0 unspecified atom stereocenters. The molecule has 2 rings (SSSR count). The Morgan fingerprint density at radius 2 is 2.09 bits per heavy atom. The fourth-order valence-electron chi connectivity index (χ4n) is 2.10. The van der Waals surface area contributed by atoms with E-state index in [0.29, 0.717) is 6.42 Å². The number of ether oxygens (including phenoxy) is 1. The first-order valence-corrected chi connectivity index (χ1v) is 8.02. The molecule has 0 spiro atoms. The fraction of sp³-hybridized carbons (Fsp3) is 0.312. The smallest absolute Gasteiger partial charge is 0.409 e. The van der Waals surface area contributed by atoms with Crippen LogP contribution in [-0.2, 0) is 14.3 Å². The van der Waals surface area contributed by atoms with Gasteiger partial charge in [0, 0.05) is 11.3 Å². The number of carbonyl (C=O) groups is 3. The predicted octanol–water partition coefficient (Wildman–Crippen LogP) is 2.07. The maximum atomic E-state index is 11.9. The summed E-state index contributed by atoms with van der Waals surface area (Å²) in [6.45, 7) is 3.54. The van der Waals surface area contributed by atoms with Crippen LogP contribution in [0.3, 0.4) is 0 Å². The molecule has 2 N–H and O–H groups in total. The van der Waals surface area contributed by atoms with E-state index in [1.165, 1.54) is 6.08 Å². The quantitative estimate of drug-likeness (QED) is 0.453. The molecule has 6 nitrogen and oxygen atoms in total. The highest BCUT2D eigenvalue weighted by atomic mass is 32.2. The standard InChI is InChI=1S/C16H18N2O4S/c1-2-10-22-16(21)18-14-12(15(20)17-14)8-9-13(19)23-11-6-4-3-5-7-11/h2-7,12,14H,1,8-10H2,(H,17,20)(H,18,21)/t12-,14-/m1/s1. The van der Waals surface area contributed by atoms with Gasteiger partial charge in [-0.15, -0.1) is 0 Å². The summed E-state index contributed by atoms with van der Waals surface area (Å²) in [5, 5.41) is 5.11. The summed E-state index contributed by atoms with van der Waals surface area (Å²) in [6, 6.07) is 9.33. The molecule has 1 saturated heterocycles. The summed E-state index contributed by atoms with van der Waals surface area (Å²) in [4.78, 5) is 35.8. The van der Waals surface area contributed by atoms with Gasteiger partial charge in [-0.2, -0.15) is 0 Å². The van der Waals surface area contributed by atoms with E-state index in [1.807, 2.05) is 30.3 Å². The van der Waals surface area contributed by atoms with Gasteiger partial charge in [0.25, 0.3) is 0 Å². The molecule has 1 aliphatic rings. The fourth-order valence-corrected chi connectivity index (χ4v) is 2.87. The number of thioether (sulfide) groups is 1. The number of β-lactam (4-membered cyclic amide) rings is 1. The van der Waals surface area contributed by atoms with Crippen LogP contribution in [-0.4, -0.2) is 29.9 Å².